The molecule has 1 aromatic heterocycles. The maximum atomic E-state index is 12.7. The first-order valence-corrected chi connectivity index (χ1v) is 8.60. The van der Waals surface area contributed by atoms with Gasteiger partial charge in [0.1, 0.15) is 0 Å². The Kier molecular flexibility index (Phi) is 4.55. The van der Waals surface area contributed by atoms with E-state index in [4.69, 9.17) is 0 Å². The number of rotatable bonds is 4. The van der Waals surface area contributed by atoms with Crippen LogP contribution in [0, 0.1) is 0 Å². The average Bonchev–Trinajstić information content (AvgIpc) is 3.08. The fourth-order valence-electron chi connectivity index (χ4n) is 3.28. The van der Waals surface area contributed by atoms with E-state index in [0.29, 0.717) is 16.5 Å². The second-order valence-corrected chi connectivity index (χ2v) is 6.59. The van der Waals surface area contributed by atoms with E-state index in [1.165, 1.54) is 4.57 Å². The average molecular weight is 329 g/mol. The van der Waals surface area contributed by atoms with Crippen LogP contribution >= 0.6 is 0 Å². The quantitative estimate of drug-likeness (QED) is 0.903. The summed E-state index contributed by atoms with van der Waals surface area (Å²) in [6.07, 6.45) is 4.66. The SMILES string of the molecule is CCC(C)NC(=O)c1ccc2c(=O)n(C3CCCC3)c(=O)[nH]c2c1. The minimum atomic E-state index is -0.390. The fraction of sp³-hybridized carbons (Fsp3) is 0.500. The predicted octanol–water partition coefficient (Wildman–Crippen LogP) is 2.33. The highest BCUT2D eigenvalue weighted by molar-refractivity contribution is 5.97. The zero-order valence-corrected chi connectivity index (χ0v) is 14.1. The molecule has 128 valence electrons. The molecule has 2 aromatic rings. The van der Waals surface area contributed by atoms with Gasteiger partial charge in [-0.2, -0.15) is 0 Å². The summed E-state index contributed by atoms with van der Waals surface area (Å²) >= 11 is 0. The molecule has 0 aliphatic heterocycles. The van der Waals surface area contributed by atoms with Crippen molar-refractivity contribution in [2.24, 2.45) is 0 Å². The smallest absolute Gasteiger partial charge is 0.329 e. The Bertz CT molecular complexity index is 875. The van der Waals surface area contributed by atoms with Gasteiger partial charge in [-0.15, -0.1) is 0 Å². The molecule has 0 spiro atoms. The van der Waals surface area contributed by atoms with Crippen molar-refractivity contribution >= 4 is 16.8 Å². The van der Waals surface area contributed by atoms with Crippen molar-refractivity contribution in [2.75, 3.05) is 0 Å². The Labute approximate surface area is 139 Å². The van der Waals surface area contributed by atoms with E-state index >= 15 is 0 Å². The van der Waals surface area contributed by atoms with Crippen LogP contribution in [0.5, 0.6) is 0 Å². The van der Waals surface area contributed by atoms with Crippen molar-refractivity contribution in [1.82, 2.24) is 14.9 Å². The van der Waals surface area contributed by atoms with Gasteiger partial charge in [-0.3, -0.25) is 14.2 Å². The number of aromatic amines is 1. The number of nitrogens with one attached hydrogen (secondary N) is 2. The fourth-order valence-corrected chi connectivity index (χ4v) is 3.28. The molecule has 1 fully saturated rings. The lowest BCUT2D eigenvalue weighted by molar-refractivity contribution is 0.0939. The first-order valence-electron chi connectivity index (χ1n) is 8.60. The molecule has 6 nitrogen and oxygen atoms in total. The summed E-state index contributed by atoms with van der Waals surface area (Å²) in [5.74, 6) is -0.202. The van der Waals surface area contributed by atoms with Gasteiger partial charge >= 0.3 is 5.69 Å². The molecule has 3 rings (SSSR count). The van der Waals surface area contributed by atoms with Crippen LogP contribution in [0.25, 0.3) is 10.9 Å². The zero-order chi connectivity index (χ0) is 17.3. The molecule has 2 N–H and O–H groups in total. The second kappa shape index (κ2) is 6.63. The van der Waals surface area contributed by atoms with Crippen LogP contribution in [0.4, 0.5) is 0 Å². The highest BCUT2D eigenvalue weighted by atomic mass is 16.2. The van der Waals surface area contributed by atoms with Crippen LogP contribution in [-0.2, 0) is 0 Å². The zero-order valence-electron chi connectivity index (χ0n) is 14.1. The highest BCUT2D eigenvalue weighted by Gasteiger charge is 2.21. The van der Waals surface area contributed by atoms with Crippen LogP contribution in [0.3, 0.4) is 0 Å². The Morgan fingerprint density at radius 1 is 1.33 bits per heavy atom. The van der Waals surface area contributed by atoms with Crippen molar-refractivity contribution < 1.29 is 4.79 Å². The van der Waals surface area contributed by atoms with Crippen molar-refractivity contribution in [3.63, 3.8) is 0 Å². The van der Waals surface area contributed by atoms with E-state index < -0.39 is 0 Å². The number of hydrogen-bond donors (Lipinski definition) is 2. The van der Waals surface area contributed by atoms with Crippen LogP contribution < -0.4 is 16.6 Å². The Morgan fingerprint density at radius 2 is 2.04 bits per heavy atom. The Morgan fingerprint density at radius 3 is 2.71 bits per heavy atom. The number of carbonyl (C=O) groups excluding carboxylic acids is 1. The van der Waals surface area contributed by atoms with Crippen molar-refractivity contribution in [1.29, 1.82) is 0 Å². The van der Waals surface area contributed by atoms with Crippen molar-refractivity contribution in [3.05, 3.63) is 44.6 Å². The molecule has 1 atom stereocenters. The molecule has 0 bridgehead atoms. The molecular formula is C18H23N3O3. The molecule has 1 unspecified atom stereocenters. The molecule has 1 heterocycles. The number of hydrogen-bond acceptors (Lipinski definition) is 3. The molecule has 0 saturated heterocycles. The maximum Gasteiger partial charge on any atom is 0.329 e. The normalized spacial score (nSPS) is 16.4. The van der Waals surface area contributed by atoms with Crippen LogP contribution in [0.2, 0.25) is 0 Å². The van der Waals surface area contributed by atoms with Crippen LogP contribution in [0.15, 0.2) is 27.8 Å². The standard InChI is InChI=1S/C18H23N3O3/c1-3-11(2)19-16(22)12-8-9-14-15(10-12)20-18(24)21(17(14)23)13-6-4-5-7-13/h8-11,13H,3-7H2,1-2H3,(H,19,22)(H,20,24). The van der Waals surface area contributed by atoms with E-state index in [1.807, 2.05) is 13.8 Å². The van der Waals surface area contributed by atoms with Gasteiger partial charge in [-0.05, 0) is 44.4 Å². The summed E-state index contributed by atoms with van der Waals surface area (Å²) in [7, 11) is 0. The number of benzene rings is 1. The van der Waals surface area contributed by atoms with E-state index in [0.717, 1.165) is 32.1 Å². The number of fused-ring (bicyclic) bond motifs is 1. The predicted molar refractivity (Wildman–Crippen MR) is 93.6 cm³/mol. The number of nitrogens with zero attached hydrogens (tertiary/aromatic N) is 1. The topological polar surface area (TPSA) is 84.0 Å². The van der Waals surface area contributed by atoms with Crippen molar-refractivity contribution in [3.8, 4) is 0 Å². The van der Waals surface area contributed by atoms with Gasteiger partial charge in [-0.25, -0.2) is 4.79 Å². The second-order valence-electron chi connectivity index (χ2n) is 6.59. The third kappa shape index (κ3) is 3.00. The highest BCUT2D eigenvalue weighted by Crippen LogP contribution is 2.27. The monoisotopic (exact) mass is 329 g/mol. The van der Waals surface area contributed by atoms with Gasteiger partial charge in [0.15, 0.2) is 0 Å². The first-order chi connectivity index (χ1) is 11.5. The number of H-pyrrole nitrogens is 1. The maximum absolute atomic E-state index is 12.7. The summed E-state index contributed by atoms with van der Waals surface area (Å²) in [4.78, 5) is 40.0. The van der Waals surface area contributed by atoms with E-state index in [9.17, 15) is 14.4 Å². The summed E-state index contributed by atoms with van der Waals surface area (Å²) in [5, 5.41) is 3.33. The third-order valence-electron chi connectivity index (χ3n) is 4.87. The number of amides is 1. The number of aromatic nitrogens is 2. The lowest BCUT2D eigenvalue weighted by Crippen LogP contribution is -2.37. The lowest BCUT2D eigenvalue weighted by Gasteiger charge is -2.14. The molecule has 6 heteroatoms. The lowest BCUT2D eigenvalue weighted by atomic mass is 10.1. The summed E-state index contributed by atoms with van der Waals surface area (Å²) in [5.41, 5.74) is 0.195. The molecule has 24 heavy (non-hydrogen) atoms. The van der Waals surface area contributed by atoms with Crippen molar-refractivity contribution in [2.45, 2.75) is 58.0 Å². The Hall–Kier alpha value is -2.37. The first kappa shape index (κ1) is 16.5. The minimum absolute atomic E-state index is 0.0148. The molecule has 1 saturated carbocycles. The third-order valence-corrected chi connectivity index (χ3v) is 4.87. The summed E-state index contributed by atoms with van der Waals surface area (Å²) < 4.78 is 1.34. The van der Waals surface area contributed by atoms with E-state index in [2.05, 4.69) is 10.3 Å². The molecular weight excluding hydrogens is 306 g/mol. The molecule has 1 aliphatic rings. The molecule has 1 aliphatic carbocycles. The van der Waals surface area contributed by atoms with Gasteiger partial charge in [0.05, 0.1) is 10.9 Å². The summed E-state index contributed by atoms with van der Waals surface area (Å²) in [6, 6.07) is 4.90. The van der Waals surface area contributed by atoms with Crippen LogP contribution in [0.1, 0.15) is 62.4 Å². The largest absolute Gasteiger partial charge is 0.350 e. The van der Waals surface area contributed by atoms with Gasteiger partial charge in [0.25, 0.3) is 11.5 Å². The van der Waals surface area contributed by atoms with Gasteiger partial charge in [0.2, 0.25) is 0 Å². The van der Waals surface area contributed by atoms with E-state index in [-0.39, 0.29) is 29.2 Å². The van der Waals surface area contributed by atoms with E-state index in [1.54, 1.807) is 18.2 Å². The van der Waals surface area contributed by atoms with Crippen LogP contribution in [-0.4, -0.2) is 21.5 Å². The molecule has 0 radical (unpaired) electrons. The van der Waals surface area contributed by atoms with Gasteiger partial charge in [-0.1, -0.05) is 19.8 Å². The minimum Gasteiger partial charge on any atom is -0.350 e. The molecule has 1 amide bonds. The molecule has 1 aromatic carbocycles. The van der Waals surface area contributed by atoms with Gasteiger partial charge < -0.3 is 10.3 Å². The number of carbonyl (C=O) groups is 1. The Balaban J connectivity index is 2.03. The van der Waals surface area contributed by atoms with Gasteiger partial charge in [0, 0.05) is 17.6 Å². The summed E-state index contributed by atoms with van der Waals surface area (Å²) in [6.45, 7) is 3.93.